The highest BCUT2D eigenvalue weighted by Crippen LogP contribution is 2.16. The summed E-state index contributed by atoms with van der Waals surface area (Å²) >= 11 is 0. The van der Waals surface area contributed by atoms with E-state index in [2.05, 4.69) is 48.3 Å². The van der Waals surface area contributed by atoms with Gasteiger partial charge < -0.3 is 5.32 Å². The molecule has 2 nitrogen and oxygen atoms in total. The number of nitrogens with one attached hydrogen (secondary N) is 1. The van der Waals surface area contributed by atoms with Gasteiger partial charge in [0.05, 0.1) is 0 Å². The van der Waals surface area contributed by atoms with Crippen LogP contribution in [0.1, 0.15) is 32.3 Å². The molecule has 0 atom stereocenters. The number of benzene rings is 1. The van der Waals surface area contributed by atoms with Crippen molar-refractivity contribution in [3.63, 3.8) is 0 Å². The highest BCUT2D eigenvalue weighted by atomic mass is 15.1. The maximum absolute atomic E-state index is 3.45. The summed E-state index contributed by atoms with van der Waals surface area (Å²) in [4.78, 5) is 2.54. The molecule has 1 aromatic carbocycles. The lowest BCUT2D eigenvalue weighted by Gasteiger charge is -2.16. The summed E-state index contributed by atoms with van der Waals surface area (Å²) in [6.45, 7) is 7.98. The molecule has 0 aromatic heterocycles. The highest BCUT2D eigenvalue weighted by Gasteiger charge is 2.11. The number of anilines is 1. The quantitative estimate of drug-likeness (QED) is 0.835. The first-order valence-corrected chi connectivity index (χ1v) is 6.32. The molecule has 0 aliphatic carbocycles. The van der Waals surface area contributed by atoms with Gasteiger partial charge in [0.2, 0.25) is 0 Å². The average Bonchev–Trinajstić information content (AvgIpc) is 2.70. The predicted octanol–water partition coefficient (Wildman–Crippen LogP) is 3.10. The van der Waals surface area contributed by atoms with Gasteiger partial charge in [0.1, 0.15) is 0 Å². The minimum atomic E-state index is 0.502. The van der Waals surface area contributed by atoms with E-state index in [9.17, 15) is 0 Å². The van der Waals surface area contributed by atoms with Crippen LogP contribution < -0.4 is 5.32 Å². The minimum absolute atomic E-state index is 0.502. The molecule has 0 saturated carbocycles. The van der Waals surface area contributed by atoms with Crippen LogP contribution in [0.15, 0.2) is 24.3 Å². The van der Waals surface area contributed by atoms with Gasteiger partial charge in [-0.15, -0.1) is 0 Å². The Hall–Kier alpha value is -1.02. The predicted molar refractivity (Wildman–Crippen MR) is 69.7 cm³/mol. The Morgan fingerprint density at radius 1 is 1.25 bits per heavy atom. The van der Waals surface area contributed by atoms with Crippen molar-refractivity contribution in [2.45, 2.75) is 39.3 Å². The standard InChI is InChI=1S/C14H22N2/c1-12(2)15-14-7-5-6-13(10-14)11-16-8-3-4-9-16/h5-7,10,12,15H,3-4,8-9,11H2,1-2H3. The Bertz CT molecular complexity index is 327. The smallest absolute Gasteiger partial charge is 0.0345 e. The number of likely N-dealkylation sites (tertiary alicyclic amines) is 1. The molecule has 1 saturated heterocycles. The van der Waals surface area contributed by atoms with Crippen molar-refractivity contribution in [1.29, 1.82) is 0 Å². The molecule has 16 heavy (non-hydrogen) atoms. The van der Waals surface area contributed by atoms with Gasteiger partial charge in [0.25, 0.3) is 0 Å². The van der Waals surface area contributed by atoms with Crippen LogP contribution in [-0.2, 0) is 6.54 Å². The Labute approximate surface area is 98.7 Å². The summed E-state index contributed by atoms with van der Waals surface area (Å²) < 4.78 is 0. The number of rotatable bonds is 4. The molecule has 0 radical (unpaired) electrons. The maximum atomic E-state index is 3.45. The zero-order chi connectivity index (χ0) is 11.4. The fraction of sp³-hybridized carbons (Fsp3) is 0.571. The molecular formula is C14H22N2. The van der Waals surface area contributed by atoms with Crippen LogP contribution >= 0.6 is 0 Å². The molecule has 0 bridgehead atoms. The normalized spacial score (nSPS) is 16.9. The van der Waals surface area contributed by atoms with Crippen LogP contribution in [-0.4, -0.2) is 24.0 Å². The Morgan fingerprint density at radius 2 is 2.00 bits per heavy atom. The van der Waals surface area contributed by atoms with Crippen molar-refractivity contribution in [3.8, 4) is 0 Å². The average molecular weight is 218 g/mol. The van der Waals surface area contributed by atoms with Gasteiger partial charge in [-0.05, 0) is 57.5 Å². The van der Waals surface area contributed by atoms with E-state index in [0.717, 1.165) is 6.54 Å². The van der Waals surface area contributed by atoms with Gasteiger partial charge in [-0.2, -0.15) is 0 Å². The molecule has 88 valence electrons. The first kappa shape index (κ1) is 11.5. The molecule has 2 rings (SSSR count). The van der Waals surface area contributed by atoms with E-state index >= 15 is 0 Å². The second-order valence-corrected chi connectivity index (χ2v) is 4.98. The van der Waals surface area contributed by atoms with Crippen LogP contribution in [0.5, 0.6) is 0 Å². The first-order valence-electron chi connectivity index (χ1n) is 6.32. The first-order chi connectivity index (χ1) is 7.74. The van der Waals surface area contributed by atoms with Gasteiger partial charge in [-0.25, -0.2) is 0 Å². The fourth-order valence-corrected chi connectivity index (χ4v) is 2.29. The van der Waals surface area contributed by atoms with E-state index in [1.54, 1.807) is 0 Å². The van der Waals surface area contributed by atoms with Crippen molar-refractivity contribution in [1.82, 2.24) is 4.90 Å². The van der Waals surface area contributed by atoms with E-state index in [0.29, 0.717) is 6.04 Å². The fourth-order valence-electron chi connectivity index (χ4n) is 2.29. The van der Waals surface area contributed by atoms with E-state index in [1.165, 1.54) is 37.2 Å². The minimum Gasteiger partial charge on any atom is -0.383 e. The van der Waals surface area contributed by atoms with Crippen molar-refractivity contribution in [2.75, 3.05) is 18.4 Å². The lowest BCUT2D eigenvalue weighted by molar-refractivity contribution is 0.331. The molecule has 1 aliphatic rings. The van der Waals surface area contributed by atoms with E-state index in [-0.39, 0.29) is 0 Å². The Kier molecular flexibility index (Phi) is 3.83. The third-order valence-corrected chi connectivity index (χ3v) is 2.99. The summed E-state index contributed by atoms with van der Waals surface area (Å²) in [6.07, 6.45) is 2.73. The zero-order valence-electron chi connectivity index (χ0n) is 10.4. The van der Waals surface area contributed by atoms with E-state index < -0.39 is 0 Å². The van der Waals surface area contributed by atoms with Crippen LogP contribution in [0.4, 0.5) is 5.69 Å². The third kappa shape index (κ3) is 3.24. The van der Waals surface area contributed by atoms with Gasteiger partial charge in [-0.3, -0.25) is 4.90 Å². The zero-order valence-corrected chi connectivity index (χ0v) is 10.4. The molecule has 0 unspecified atom stereocenters. The lowest BCUT2D eigenvalue weighted by atomic mass is 10.2. The monoisotopic (exact) mass is 218 g/mol. The molecule has 0 amide bonds. The molecule has 1 N–H and O–H groups in total. The molecule has 1 fully saturated rings. The van der Waals surface area contributed by atoms with Crippen molar-refractivity contribution in [2.24, 2.45) is 0 Å². The second-order valence-electron chi connectivity index (χ2n) is 4.98. The van der Waals surface area contributed by atoms with Crippen molar-refractivity contribution < 1.29 is 0 Å². The molecule has 1 heterocycles. The molecule has 2 heteroatoms. The second kappa shape index (κ2) is 5.35. The molecule has 1 aliphatic heterocycles. The lowest BCUT2D eigenvalue weighted by Crippen LogP contribution is -2.18. The summed E-state index contributed by atoms with van der Waals surface area (Å²) in [5.74, 6) is 0. The molecular weight excluding hydrogens is 196 g/mol. The van der Waals surface area contributed by atoms with Crippen LogP contribution in [0, 0.1) is 0 Å². The third-order valence-electron chi connectivity index (χ3n) is 2.99. The van der Waals surface area contributed by atoms with Crippen molar-refractivity contribution >= 4 is 5.69 Å². The molecule has 1 aromatic rings. The largest absolute Gasteiger partial charge is 0.383 e. The topological polar surface area (TPSA) is 15.3 Å². The van der Waals surface area contributed by atoms with Gasteiger partial charge in [0.15, 0.2) is 0 Å². The van der Waals surface area contributed by atoms with Crippen LogP contribution in [0.3, 0.4) is 0 Å². The van der Waals surface area contributed by atoms with Crippen molar-refractivity contribution in [3.05, 3.63) is 29.8 Å². The van der Waals surface area contributed by atoms with Gasteiger partial charge >= 0.3 is 0 Å². The van der Waals surface area contributed by atoms with Gasteiger partial charge in [0, 0.05) is 18.3 Å². The number of hydrogen-bond acceptors (Lipinski definition) is 2. The maximum Gasteiger partial charge on any atom is 0.0345 e. The summed E-state index contributed by atoms with van der Waals surface area (Å²) in [5, 5.41) is 3.45. The number of hydrogen-bond donors (Lipinski definition) is 1. The van der Waals surface area contributed by atoms with E-state index in [4.69, 9.17) is 0 Å². The van der Waals surface area contributed by atoms with Crippen LogP contribution in [0.2, 0.25) is 0 Å². The summed E-state index contributed by atoms with van der Waals surface area (Å²) in [7, 11) is 0. The highest BCUT2D eigenvalue weighted by molar-refractivity contribution is 5.46. The van der Waals surface area contributed by atoms with E-state index in [1.807, 2.05) is 0 Å². The Morgan fingerprint density at radius 3 is 2.69 bits per heavy atom. The number of nitrogens with zero attached hydrogens (tertiary/aromatic N) is 1. The molecule has 0 spiro atoms. The summed E-state index contributed by atoms with van der Waals surface area (Å²) in [5.41, 5.74) is 2.67. The van der Waals surface area contributed by atoms with Crippen LogP contribution in [0.25, 0.3) is 0 Å². The van der Waals surface area contributed by atoms with Gasteiger partial charge in [-0.1, -0.05) is 12.1 Å². The summed E-state index contributed by atoms with van der Waals surface area (Å²) in [6, 6.07) is 9.30. The SMILES string of the molecule is CC(C)Nc1cccc(CN2CCCC2)c1. The Balaban J connectivity index is 1.97.